The van der Waals surface area contributed by atoms with Crippen molar-refractivity contribution in [1.29, 1.82) is 0 Å². The second-order valence-corrected chi connectivity index (χ2v) is 6.02. The van der Waals surface area contributed by atoms with E-state index in [1.807, 2.05) is 36.0 Å². The first-order chi connectivity index (χ1) is 7.75. The summed E-state index contributed by atoms with van der Waals surface area (Å²) in [4.78, 5) is 11.8. The average Bonchev–Trinajstić information content (AvgIpc) is 2.78. The molecule has 1 aliphatic heterocycles. The number of amides is 1. The van der Waals surface area contributed by atoms with Crippen LogP contribution < -0.4 is 5.32 Å². The number of carbonyl (C=O) groups is 1. The molecule has 0 radical (unpaired) electrons. The minimum Gasteiger partial charge on any atom is -0.352 e. The Balaban J connectivity index is 1.87. The summed E-state index contributed by atoms with van der Waals surface area (Å²) < 4.78 is 0.941. The highest BCUT2D eigenvalue weighted by molar-refractivity contribution is 9.10. The molecule has 2 rings (SSSR count). The monoisotopic (exact) mass is 299 g/mol. The molecule has 1 aliphatic rings. The molecule has 1 fully saturated rings. The zero-order valence-electron chi connectivity index (χ0n) is 8.91. The Morgan fingerprint density at radius 1 is 1.56 bits per heavy atom. The first-order valence-electron chi connectivity index (χ1n) is 5.37. The molecule has 1 atom stereocenters. The lowest BCUT2D eigenvalue weighted by molar-refractivity contribution is 0.0948. The van der Waals surface area contributed by atoms with Gasteiger partial charge in [-0.3, -0.25) is 4.79 Å². The van der Waals surface area contributed by atoms with Crippen molar-refractivity contribution >= 4 is 33.6 Å². The van der Waals surface area contributed by atoms with Crippen LogP contribution in [0.2, 0.25) is 0 Å². The van der Waals surface area contributed by atoms with Crippen molar-refractivity contribution in [3.63, 3.8) is 0 Å². The van der Waals surface area contributed by atoms with Crippen LogP contribution in [0.25, 0.3) is 0 Å². The van der Waals surface area contributed by atoms with Crippen molar-refractivity contribution in [3.8, 4) is 0 Å². The molecule has 1 unspecified atom stereocenters. The molecule has 0 aromatic heterocycles. The smallest absolute Gasteiger partial charge is 0.251 e. The topological polar surface area (TPSA) is 29.1 Å². The summed E-state index contributed by atoms with van der Waals surface area (Å²) >= 11 is 5.34. The van der Waals surface area contributed by atoms with E-state index >= 15 is 0 Å². The summed E-state index contributed by atoms with van der Waals surface area (Å²) in [6.45, 7) is 0.804. The van der Waals surface area contributed by atoms with E-state index in [2.05, 4.69) is 21.2 Å². The van der Waals surface area contributed by atoms with Gasteiger partial charge in [0.15, 0.2) is 0 Å². The third kappa shape index (κ3) is 3.25. The van der Waals surface area contributed by atoms with Gasteiger partial charge in [-0.2, -0.15) is 11.8 Å². The van der Waals surface area contributed by atoms with Gasteiger partial charge in [0, 0.05) is 16.6 Å². The summed E-state index contributed by atoms with van der Waals surface area (Å²) in [7, 11) is 0. The number of carbonyl (C=O) groups excluding carboxylic acids is 1. The third-order valence-corrected chi connectivity index (χ3v) is 4.39. The molecule has 1 aromatic carbocycles. The Morgan fingerprint density at radius 3 is 3.12 bits per heavy atom. The molecule has 1 amide bonds. The second-order valence-electron chi connectivity index (χ2n) is 3.95. The highest BCUT2D eigenvalue weighted by Crippen LogP contribution is 2.22. The summed E-state index contributed by atoms with van der Waals surface area (Å²) in [5, 5.41) is 3.00. The largest absolute Gasteiger partial charge is 0.352 e. The Labute approximate surface area is 108 Å². The molecule has 1 N–H and O–H groups in total. The standard InChI is InChI=1S/C12H14BrNOS/c13-11-3-1-2-10(6-11)12(15)14-7-9-4-5-16-8-9/h1-3,6,9H,4-5,7-8H2,(H,14,15). The van der Waals surface area contributed by atoms with Crippen molar-refractivity contribution in [2.45, 2.75) is 6.42 Å². The van der Waals surface area contributed by atoms with Crippen LogP contribution in [-0.2, 0) is 0 Å². The fourth-order valence-corrected chi connectivity index (χ4v) is 3.40. The van der Waals surface area contributed by atoms with Crippen LogP contribution in [0.4, 0.5) is 0 Å². The number of halogens is 1. The van der Waals surface area contributed by atoms with Gasteiger partial charge in [-0.25, -0.2) is 0 Å². The maximum atomic E-state index is 11.8. The fraction of sp³-hybridized carbons (Fsp3) is 0.417. The summed E-state index contributed by atoms with van der Waals surface area (Å²) in [6.07, 6.45) is 1.23. The number of hydrogen-bond acceptors (Lipinski definition) is 2. The zero-order valence-corrected chi connectivity index (χ0v) is 11.3. The Kier molecular flexibility index (Phi) is 4.29. The fourth-order valence-electron chi connectivity index (χ4n) is 1.71. The van der Waals surface area contributed by atoms with Crippen LogP contribution in [0.5, 0.6) is 0 Å². The van der Waals surface area contributed by atoms with E-state index < -0.39 is 0 Å². The van der Waals surface area contributed by atoms with Crippen LogP contribution in [0, 0.1) is 5.92 Å². The number of rotatable bonds is 3. The van der Waals surface area contributed by atoms with Crippen molar-refractivity contribution in [1.82, 2.24) is 5.32 Å². The van der Waals surface area contributed by atoms with Gasteiger partial charge in [0.25, 0.3) is 5.91 Å². The normalized spacial score (nSPS) is 19.7. The first kappa shape index (κ1) is 12.0. The first-order valence-corrected chi connectivity index (χ1v) is 7.32. The van der Waals surface area contributed by atoms with Crippen molar-refractivity contribution in [3.05, 3.63) is 34.3 Å². The molecule has 2 nitrogen and oxygen atoms in total. The van der Waals surface area contributed by atoms with E-state index in [1.54, 1.807) is 0 Å². The lowest BCUT2D eigenvalue weighted by atomic mass is 10.1. The Morgan fingerprint density at radius 2 is 2.44 bits per heavy atom. The molecule has 1 heterocycles. The van der Waals surface area contributed by atoms with Crippen LogP contribution in [0.3, 0.4) is 0 Å². The lowest BCUT2D eigenvalue weighted by Gasteiger charge is -2.10. The van der Waals surface area contributed by atoms with E-state index in [0.29, 0.717) is 5.92 Å². The molecule has 86 valence electrons. The maximum absolute atomic E-state index is 11.8. The number of nitrogens with one attached hydrogen (secondary N) is 1. The van der Waals surface area contributed by atoms with Gasteiger partial charge in [-0.1, -0.05) is 22.0 Å². The molecule has 0 bridgehead atoms. The minimum atomic E-state index is 0.0261. The van der Waals surface area contributed by atoms with Crippen molar-refractivity contribution < 1.29 is 4.79 Å². The van der Waals surface area contributed by atoms with E-state index in [1.165, 1.54) is 17.9 Å². The predicted octanol–water partition coefficient (Wildman–Crippen LogP) is 2.93. The Hall–Kier alpha value is -0.480. The van der Waals surface area contributed by atoms with Crippen LogP contribution in [0.15, 0.2) is 28.7 Å². The molecule has 0 aliphatic carbocycles. The third-order valence-electron chi connectivity index (χ3n) is 2.66. The number of thioether (sulfide) groups is 1. The molecule has 1 saturated heterocycles. The van der Waals surface area contributed by atoms with Crippen LogP contribution in [0.1, 0.15) is 16.8 Å². The highest BCUT2D eigenvalue weighted by atomic mass is 79.9. The quantitative estimate of drug-likeness (QED) is 0.930. The van der Waals surface area contributed by atoms with Crippen LogP contribution >= 0.6 is 27.7 Å². The molecular weight excluding hydrogens is 286 g/mol. The highest BCUT2D eigenvalue weighted by Gasteiger charge is 2.16. The summed E-state index contributed by atoms with van der Waals surface area (Å²) in [5.41, 5.74) is 0.722. The lowest BCUT2D eigenvalue weighted by Crippen LogP contribution is -2.29. The minimum absolute atomic E-state index is 0.0261. The van der Waals surface area contributed by atoms with Gasteiger partial charge >= 0.3 is 0 Å². The summed E-state index contributed by atoms with van der Waals surface area (Å²) in [6, 6.07) is 7.48. The molecular formula is C12H14BrNOS. The van der Waals surface area contributed by atoms with E-state index in [0.717, 1.165) is 16.6 Å². The second kappa shape index (κ2) is 5.73. The molecule has 0 spiro atoms. The molecule has 4 heteroatoms. The number of hydrogen-bond donors (Lipinski definition) is 1. The molecule has 0 saturated carbocycles. The average molecular weight is 300 g/mol. The van der Waals surface area contributed by atoms with Gasteiger partial charge in [0.05, 0.1) is 0 Å². The van der Waals surface area contributed by atoms with Crippen LogP contribution in [-0.4, -0.2) is 24.0 Å². The molecule has 16 heavy (non-hydrogen) atoms. The van der Waals surface area contributed by atoms with E-state index in [4.69, 9.17) is 0 Å². The predicted molar refractivity (Wildman–Crippen MR) is 71.9 cm³/mol. The van der Waals surface area contributed by atoms with E-state index in [-0.39, 0.29) is 5.91 Å². The van der Waals surface area contributed by atoms with Gasteiger partial charge in [-0.05, 0) is 42.0 Å². The van der Waals surface area contributed by atoms with Gasteiger partial charge < -0.3 is 5.32 Å². The van der Waals surface area contributed by atoms with Gasteiger partial charge in [-0.15, -0.1) is 0 Å². The maximum Gasteiger partial charge on any atom is 0.251 e. The number of benzene rings is 1. The summed E-state index contributed by atoms with van der Waals surface area (Å²) in [5.74, 6) is 3.09. The Bertz CT molecular complexity index is 377. The SMILES string of the molecule is O=C(NCC1CCSC1)c1cccc(Br)c1. The van der Waals surface area contributed by atoms with Gasteiger partial charge in [0.2, 0.25) is 0 Å². The zero-order chi connectivity index (χ0) is 11.4. The van der Waals surface area contributed by atoms with E-state index in [9.17, 15) is 4.79 Å². The van der Waals surface area contributed by atoms with Crippen molar-refractivity contribution in [2.75, 3.05) is 18.1 Å². The van der Waals surface area contributed by atoms with Gasteiger partial charge in [0.1, 0.15) is 0 Å². The molecule has 1 aromatic rings. The van der Waals surface area contributed by atoms with Crippen molar-refractivity contribution in [2.24, 2.45) is 5.92 Å².